The molecule has 0 aliphatic carbocycles. The van der Waals surface area contributed by atoms with Gasteiger partial charge in [0.25, 0.3) is 0 Å². The van der Waals surface area contributed by atoms with Crippen molar-refractivity contribution in [2.45, 2.75) is 19.4 Å². The molecule has 0 bridgehead atoms. The molecule has 0 aliphatic rings. The molecular formula is C15H14BrClFNO. The number of nitrogens with one attached hydrogen (secondary N) is 1. The number of hydrogen-bond acceptors (Lipinski definition) is 2. The van der Waals surface area contributed by atoms with Crippen LogP contribution in [0.15, 0.2) is 40.9 Å². The van der Waals surface area contributed by atoms with Crippen molar-refractivity contribution in [1.82, 2.24) is 0 Å². The molecule has 2 nitrogen and oxygen atoms in total. The van der Waals surface area contributed by atoms with Crippen molar-refractivity contribution < 1.29 is 9.50 Å². The van der Waals surface area contributed by atoms with Gasteiger partial charge in [-0.2, -0.15) is 0 Å². The second-order valence-corrected chi connectivity index (χ2v) is 5.78. The van der Waals surface area contributed by atoms with Crippen LogP contribution in [0.3, 0.4) is 0 Å². The van der Waals surface area contributed by atoms with E-state index in [2.05, 4.69) is 21.2 Å². The fraction of sp³-hybridized carbons (Fsp3) is 0.200. The summed E-state index contributed by atoms with van der Waals surface area (Å²) in [7, 11) is 0. The Balaban J connectivity index is 2.33. The van der Waals surface area contributed by atoms with Gasteiger partial charge in [-0.25, -0.2) is 4.39 Å². The molecule has 2 aromatic carbocycles. The van der Waals surface area contributed by atoms with Gasteiger partial charge in [0, 0.05) is 15.1 Å². The number of hydrogen-bond donors (Lipinski definition) is 2. The molecule has 5 heteroatoms. The van der Waals surface area contributed by atoms with Crippen molar-refractivity contribution in [3.05, 3.63) is 57.3 Å². The molecule has 2 rings (SSSR count). The van der Waals surface area contributed by atoms with Gasteiger partial charge in [0.2, 0.25) is 0 Å². The number of aromatic hydroxyl groups is 1. The Labute approximate surface area is 130 Å². The quantitative estimate of drug-likeness (QED) is 0.755. The van der Waals surface area contributed by atoms with Gasteiger partial charge in [-0.3, -0.25) is 0 Å². The minimum atomic E-state index is -0.373. The van der Waals surface area contributed by atoms with Crippen LogP contribution >= 0.6 is 27.5 Å². The summed E-state index contributed by atoms with van der Waals surface area (Å²) in [6.07, 6.45) is 0.690. The first-order valence-electron chi connectivity index (χ1n) is 6.21. The molecule has 0 radical (unpaired) electrons. The molecule has 0 amide bonds. The fourth-order valence-corrected chi connectivity index (χ4v) is 2.55. The third-order valence-electron chi connectivity index (χ3n) is 3.03. The second-order valence-electron chi connectivity index (χ2n) is 4.43. The minimum absolute atomic E-state index is 0.176. The highest BCUT2D eigenvalue weighted by molar-refractivity contribution is 9.10. The van der Waals surface area contributed by atoms with Gasteiger partial charge in [-0.05, 0) is 42.8 Å². The lowest BCUT2D eigenvalue weighted by Crippen LogP contribution is -2.11. The minimum Gasteiger partial charge on any atom is -0.508 e. The van der Waals surface area contributed by atoms with E-state index < -0.39 is 0 Å². The monoisotopic (exact) mass is 357 g/mol. The molecule has 0 aromatic heterocycles. The van der Waals surface area contributed by atoms with E-state index in [-0.39, 0.29) is 17.6 Å². The molecule has 2 aromatic rings. The zero-order chi connectivity index (χ0) is 14.7. The van der Waals surface area contributed by atoms with Crippen LogP contribution < -0.4 is 5.32 Å². The van der Waals surface area contributed by atoms with Crippen LogP contribution in [0, 0.1) is 5.82 Å². The van der Waals surface area contributed by atoms with Gasteiger partial charge >= 0.3 is 0 Å². The lowest BCUT2D eigenvalue weighted by Gasteiger charge is -2.20. The zero-order valence-corrected chi connectivity index (χ0v) is 13.2. The largest absolute Gasteiger partial charge is 0.508 e. The first-order valence-corrected chi connectivity index (χ1v) is 7.38. The normalized spacial score (nSPS) is 12.2. The third-order valence-corrected chi connectivity index (χ3v) is 3.76. The van der Waals surface area contributed by atoms with Crippen LogP contribution in [0.2, 0.25) is 5.02 Å². The van der Waals surface area contributed by atoms with Crippen LogP contribution in [0.25, 0.3) is 0 Å². The summed E-state index contributed by atoms with van der Waals surface area (Å²) in [6, 6.07) is 9.33. The average Bonchev–Trinajstić information content (AvgIpc) is 2.42. The second kappa shape index (κ2) is 6.46. The molecule has 1 atom stereocenters. The highest BCUT2D eigenvalue weighted by Crippen LogP contribution is 2.33. The van der Waals surface area contributed by atoms with E-state index in [9.17, 15) is 9.50 Å². The van der Waals surface area contributed by atoms with Gasteiger partial charge in [0.1, 0.15) is 11.6 Å². The van der Waals surface area contributed by atoms with Crippen LogP contribution in [-0.4, -0.2) is 5.11 Å². The van der Waals surface area contributed by atoms with E-state index in [0.717, 1.165) is 4.47 Å². The Morgan fingerprint density at radius 3 is 2.75 bits per heavy atom. The summed E-state index contributed by atoms with van der Waals surface area (Å²) >= 11 is 9.25. The Morgan fingerprint density at radius 2 is 2.05 bits per heavy atom. The summed E-state index contributed by atoms with van der Waals surface area (Å²) < 4.78 is 14.6. The van der Waals surface area contributed by atoms with Crippen LogP contribution in [0.5, 0.6) is 5.75 Å². The maximum atomic E-state index is 13.8. The van der Waals surface area contributed by atoms with Gasteiger partial charge in [0.15, 0.2) is 0 Å². The fourth-order valence-electron chi connectivity index (χ4n) is 2.00. The zero-order valence-electron chi connectivity index (χ0n) is 10.8. The highest BCUT2D eigenvalue weighted by Gasteiger charge is 2.16. The Bertz CT molecular complexity index is 621. The van der Waals surface area contributed by atoms with Crippen molar-refractivity contribution in [1.29, 1.82) is 0 Å². The number of halogens is 3. The van der Waals surface area contributed by atoms with Crippen molar-refractivity contribution in [2.75, 3.05) is 5.32 Å². The Kier molecular flexibility index (Phi) is 4.89. The van der Waals surface area contributed by atoms with E-state index in [1.165, 1.54) is 18.2 Å². The van der Waals surface area contributed by atoms with E-state index >= 15 is 0 Å². The first-order chi connectivity index (χ1) is 9.51. The lowest BCUT2D eigenvalue weighted by atomic mass is 10.0. The number of phenolic OH excluding ortho intramolecular Hbond substituents is 1. The van der Waals surface area contributed by atoms with E-state index in [4.69, 9.17) is 11.6 Å². The van der Waals surface area contributed by atoms with Gasteiger partial charge in [-0.15, -0.1) is 0 Å². The SMILES string of the molecule is CCC(Nc1cc(Cl)ccc1F)c1cc(Br)ccc1O. The molecule has 0 spiro atoms. The summed E-state index contributed by atoms with van der Waals surface area (Å²) in [5, 5.41) is 13.5. The summed E-state index contributed by atoms with van der Waals surface area (Å²) in [4.78, 5) is 0. The molecule has 0 fully saturated rings. The first kappa shape index (κ1) is 15.1. The van der Waals surface area contributed by atoms with E-state index in [1.54, 1.807) is 12.1 Å². The smallest absolute Gasteiger partial charge is 0.146 e. The maximum absolute atomic E-state index is 13.8. The molecule has 20 heavy (non-hydrogen) atoms. The van der Waals surface area contributed by atoms with E-state index in [0.29, 0.717) is 22.7 Å². The van der Waals surface area contributed by atoms with Crippen LogP contribution in [0.4, 0.5) is 10.1 Å². The number of benzene rings is 2. The molecule has 0 saturated carbocycles. The maximum Gasteiger partial charge on any atom is 0.146 e. The van der Waals surface area contributed by atoms with Gasteiger partial charge < -0.3 is 10.4 Å². The highest BCUT2D eigenvalue weighted by atomic mass is 79.9. The Hall–Kier alpha value is -1.26. The Morgan fingerprint density at radius 1 is 1.30 bits per heavy atom. The molecule has 0 heterocycles. The molecular weight excluding hydrogens is 345 g/mol. The average molecular weight is 359 g/mol. The van der Waals surface area contributed by atoms with Crippen molar-refractivity contribution >= 4 is 33.2 Å². The number of phenols is 1. The predicted molar refractivity (Wildman–Crippen MR) is 83.9 cm³/mol. The van der Waals surface area contributed by atoms with Gasteiger partial charge in [0.05, 0.1) is 11.7 Å². The summed E-state index contributed by atoms with van der Waals surface area (Å²) in [6.45, 7) is 1.96. The van der Waals surface area contributed by atoms with Crippen LogP contribution in [-0.2, 0) is 0 Å². The van der Waals surface area contributed by atoms with E-state index in [1.807, 2.05) is 13.0 Å². The molecule has 106 valence electrons. The number of rotatable bonds is 4. The molecule has 2 N–H and O–H groups in total. The lowest BCUT2D eigenvalue weighted by molar-refractivity contribution is 0.462. The third kappa shape index (κ3) is 3.44. The molecule has 0 saturated heterocycles. The molecule has 0 aliphatic heterocycles. The summed E-state index contributed by atoms with van der Waals surface area (Å²) in [5.74, 6) is -0.197. The van der Waals surface area contributed by atoms with Crippen molar-refractivity contribution in [3.63, 3.8) is 0 Å². The number of anilines is 1. The topological polar surface area (TPSA) is 32.3 Å². The van der Waals surface area contributed by atoms with Crippen LogP contribution in [0.1, 0.15) is 24.9 Å². The standard InChI is InChI=1S/C15H14BrClFNO/c1-2-13(11-7-9(16)3-6-15(11)20)19-14-8-10(17)4-5-12(14)18/h3-8,13,19-20H,2H2,1H3. The summed E-state index contributed by atoms with van der Waals surface area (Å²) in [5.41, 5.74) is 1.03. The van der Waals surface area contributed by atoms with Crippen molar-refractivity contribution in [2.24, 2.45) is 0 Å². The van der Waals surface area contributed by atoms with Crippen molar-refractivity contribution in [3.8, 4) is 5.75 Å². The molecule has 1 unspecified atom stereocenters. The predicted octanol–water partition coefficient (Wildman–Crippen LogP) is 5.51. The van der Waals surface area contributed by atoms with Gasteiger partial charge in [-0.1, -0.05) is 34.5 Å².